The van der Waals surface area contributed by atoms with Gasteiger partial charge in [0, 0.05) is 18.7 Å². The van der Waals surface area contributed by atoms with Gasteiger partial charge in [-0.15, -0.1) is 0 Å². The van der Waals surface area contributed by atoms with Crippen LogP contribution in [0, 0.1) is 18.8 Å². The lowest BCUT2D eigenvalue weighted by molar-refractivity contribution is -0.148. The van der Waals surface area contributed by atoms with Crippen LogP contribution in [0.3, 0.4) is 0 Å². The summed E-state index contributed by atoms with van der Waals surface area (Å²) in [5, 5.41) is 2.88. The average Bonchev–Trinajstić information content (AvgIpc) is 2.96. The predicted octanol–water partition coefficient (Wildman–Crippen LogP) is 3.25. The summed E-state index contributed by atoms with van der Waals surface area (Å²) in [6, 6.07) is 1.38. The second-order valence-electron chi connectivity index (χ2n) is 7.66. The number of carbonyl (C=O) groups excluding carboxylic acids is 2. The Balaban J connectivity index is 1.90. The standard InChI is InChI=1S/C21H32N4O3/c1-6-28-21(27)17(12-14(2)3)24-20(26)15(4)8-7-11-25-16(5)23-18-13-22-10-9-19(18)25/h9-10,13-15,17H,6-8,11-12H2,1-5H3,(H,24,26)/t15?,17-/m0/s1. The summed E-state index contributed by atoms with van der Waals surface area (Å²) in [4.78, 5) is 33.3. The first-order valence-electron chi connectivity index (χ1n) is 10.1. The molecule has 154 valence electrons. The number of pyridine rings is 1. The van der Waals surface area contributed by atoms with Gasteiger partial charge in [0.15, 0.2) is 0 Å². The Hall–Kier alpha value is -2.44. The molecule has 0 saturated heterocycles. The number of fused-ring (bicyclic) bond motifs is 1. The molecule has 2 heterocycles. The van der Waals surface area contributed by atoms with Gasteiger partial charge in [0.2, 0.25) is 5.91 Å². The van der Waals surface area contributed by atoms with E-state index in [9.17, 15) is 9.59 Å². The van der Waals surface area contributed by atoms with E-state index < -0.39 is 6.04 Å². The van der Waals surface area contributed by atoms with Crippen molar-refractivity contribution in [3.05, 3.63) is 24.3 Å². The molecule has 2 aromatic rings. The molecular formula is C21H32N4O3. The van der Waals surface area contributed by atoms with E-state index >= 15 is 0 Å². The lowest BCUT2D eigenvalue weighted by Gasteiger charge is -2.21. The highest BCUT2D eigenvalue weighted by atomic mass is 16.5. The predicted molar refractivity (Wildman–Crippen MR) is 109 cm³/mol. The van der Waals surface area contributed by atoms with Crippen molar-refractivity contribution in [1.29, 1.82) is 0 Å². The number of imidazole rings is 1. The van der Waals surface area contributed by atoms with Crippen molar-refractivity contribution in [2.75, 3.05) is 6.61 Å². The molecule has 7 heteroatoms. The van der Waals surface area contributed by atoms with E-state index in [-0.39, 0.29) is 23.7 Å². The number of ether oxygens (including phenoxy) is 1. The number of carbonyl (C=O) groups is 2. The van der Waals surface area contributed by atoms with E-state index in [0.717, 1.165) is 36.2 Å². The smallest absolute Gasteiger partial charge is 0.328 e. The second kappa shape index (κ2) is 10.2. The van der Waals surface area contributed by atoms with E-state index in [0.29, 0.717) is 13.0 Å². The third-order valence-corrected chi connectivity index (χ3v) is 4.80. The molecule has 2 rings (SSSR count). The fraction of sp³-hybridized carbons (Fsp3) is 0.619. The zero-order valence-electron chi connectivity index (χ0n) is 17.6. The molecule has 7 nitrogen and oxygen atoms in total. The monoisotopic (exact) mass is 388 g/mol. The van der Waals surface area contributed by atoms with Gasteiger partial charge in [-0.25, -0.2) is 9.78 Å². The summed E-state index contributed by atoms with van der Waals surface area (Å²) in [7, 11) is 0. The van der Waals surface area contributed by atoms with Crippen LogP contribution in [0.5, 0.6) is 0 Å². The molecule has 0 bridgehead atoms. The zero-order valence-corrected chi connectivity index (χ0v) is 17.6. The highest BCUT2D eigenvalue weighted by molar-refractivity contribution is 5.85. The van der Waals surface area contributed by atoms with Gasteiger partial charge in [-0.1, -0.05) is 20.8 Å². The molecule has 0 saturated carbocycles. The van der Waals surface area contributed by atoms with Crippen LogP contribution in [0.4, 0.5) is 0 Å². The van der Waals surface area contributed by atoms with Crippen molar-refractivity contribution in [3.63, 3.8) is 0 Å². The first-order chi connectivity index (χ1) is 13.3. The van der Waals surface area contributed by atoms with E-state index in [1.165, 1.54) is 0 Å². The first-order valence-corrected chi connectivity index (χ1v) is 10.1. The van der Waals surface area contributed by atoms with Crippen LogP contribution in [0.25, 0.3) is 11.0 Å². The Morgan fingerprint density at radius 2 is 2.04 bits per heavy atom. The largest absolute Gasteiger partial charge is 0.464 e. The van der Waals surface area contributed by atoms with Crippen LogP contribution in [0.15, 0.2) is 18.5 Å². The molecule has 2 atom stereocenters. The Morgan fingerprint density at radius 3 is 2.71 bits per heavy atom. The van der Waals surface area contributed by atoms with Crippen molar-refractivity contribution in [2.45, 2.75) is 66.5 Å². The zero-order chi connectivity index (χ0) is 20.7. The number of esters is 1. The van der Waals surface area contributed by atoms with Crippen LogP contribution in [-0.2, 0) is 20.9 Å². The Kier molecular flexibility index (Phi) is 7.96. The third-order valence-electron chi connectivity index (χ3n) is 4.80. The van der Waals surface area contributed by atoms with Gasteiger partial charge in [-0.2, -0.15) is 0 Å². The number of hydrogen-bond donors (Lipinski definition) is 1. The van der Waals surface area contributed by atoms with E-state index in [1.54, 1.807) is 19.3 Å². The Labute approximate surface area is 166 Å². The number of aryl methyl sites for hydroxylation is 2. The summed E-state index contributed by atoms with van der Waals surface area (Å²) < 4.78 is 7.26. The SMILES string of the molecule is CCOC(=O)[C@H](CC(C)C)NC(=O)C(C)CCCn1c(C)nc2cnccc21. The van der Waals surface area contributed by atoms with Gasteiger partial charge in [-0.05, 0) is 45.1 Å². The second-order valence-corrected chi connectivity index (χ2v) is 7.66. The van der Waals surface area contributed by atoms with Crippen LogP contribution in [0.1, 0.15) is 52.8 Å². The number of rotatable bonds is 10. The van der Waals surface area contributed by atoms with Crippen LogP contribution < -0.4 is 5.32 Å². The molecule has 1 N–H and O–H groups in total. The summed E-state index contributed by atoms with van der Waals surface area (Å²) in [6.45, 7) is 10.8. The van der Waals surface area contributed by atoms with Gasteiger partial charge in [0.05, 0.1) is 18.3 Å². The van der Waals surface area contributed by atoms with Crippen molar-refractivity contribution < 1.29 is 14.3 Å². The van der Waals surface area contributed by atoms with Crippen molar-refractivity contribution in [3.8, 4) is 0 Å². The molecule has 1 amide bonds. The first kappa shape index (κ1) is 21.9. The van der Waals surface area contributed by atoms with E-state index in [2.05, 4.69) is 19.9 Å². The number of hydrogen-bond acceptors (Lipinski definition) is 5. The molecule has 0 aliphatic carbocycles. The topological polar surface area (TPSA) is 86.1 Å². The molecule has 2 aromatic heterocycles. The summed E-state index contributed by atoms with van der Waals surface area (Å²) >= 11 is 0. The van der Waals surface area contributed by atoms with Crippen molar-refractivity contribution >= 4 is 22.9 Å². The average molecular weight is 389 g/mol. The highest BCUT2D eigenvalue weighted by Crippen LogP contribution is 2.17. The number of amides is 1. The molecule has 0 aliphatic heterocycles. The molecule has 0 aromatic carbocycles. The maximum atomic E-state index is 12.6. The molecule has 1 unspecified atom stereocenters. The molecular weight excluding hydrogens is 356 g/mol. The normalized spacial score (nSPS) is 13.5. The lowest BCUT2D eigenvalue weighted by atomic mass is 10.0. The maximum Gasteiger partial charge on any atom is 0.328 e. The minimum absolute atomic E-state index is 0.102. The molecule has 0 spiro atoms. The minimum Gasteiger partial charge on any atom is -0.464 e. The van der Waals surface area contributed by atoms with E-state index in [4.69, 9.17) is 4.74 Å². The van der Waals surface area contributed by atoms with Crippen LogP contribution in [0.2, 0.25) is 0 Å². The van der Waals surface area contributed by atoms with Gasteiger partial charge in [0.1, 0.15) is 17.4 Å². The van der Waals surface area contributed by atoms with Gasteiger partial charge in [-0.3, -0.25) is 9.78 Å². The van der Waals surface area contributed by atoms with Crippen LogP contribution in [-0.4, -0.2) is 39.1 Å². The quantitative estimate of drug-likeness (QED) is 0.632. The molecule has 0 fully saturated rings. The molecule has 0 aliphatic rings. The number of nitrogens with one attached hydrogen (secondary N) is 1. The third kappa shape index (κ3) is 5.78. The fourth-order valence-corrected chi connectivity index (χ4v) is 3.31. The van der Waals surface area contributed by atoms with Gasteiger partial charge >= 0.3 is 5.97 Å². The van der Waals surface area contributed by atoms with Gasteiger partial charge in [0.25, 0.3) is 0 Å². The number of aromatic nitrogens is 3. The summed E-state index contributed by atoms with van der Waals surface area (Å²) in [5.41, 5.74) is 1.95. The highest BCUT2D eigenvalue weighted by Gasteiger charge is 2.25. The summed E-state index contributed by atoms with van der Waals surface area (Å²) in [6.07, 6.45) is 5.68. The van der Waals surface area contributed by atoms with E-state index in [1.807, 2.05) is 33.8 Å². The Bertz CT molecular complexity index is 800. The fourth-order valence-electron chi connectivity index (χ4n) is 3.31. The molecule has 0 radical (unpaired) electrons. The van der Waals surface area contributed by atoms with Gasteiger partial charge < -0.3 is 14.6 Å². The maximum absolute atomic E-state index is 12.6. The van der Waals surface area contributed by atoms with Crippen LogP contribution >= 0.6 is 0 Å². The van der Waals surface area contributed by atoms with Crippen molar-refractivity contribution in [2.24, 2.45) is 11.8 Å². The minimum atomic E-state index is -0.581. The lowest BCUT2D eigenvalue weighted by Crippen LogP contribution is -2.44. The van der Waals surface area contributed by atoms with Crippen molar-refractivity contribution in [1.82, 2.24) is 19.9 Å². The number of nitrogens with zero attached hydrogens (tertiary/aromatic N) is 3. The Morgan fingerprint density at radius 1 is 1.29 bits per heavy atom. The summed E-state index contributed by atoms with van der Waals surface area (Å²) in [5.74, 6) is 0.596. The molecule has 28 heavy (non-hydrogen) atoms.